The van der Waals surface area contributed by atoms with Gasteiger partial charge >= 0.3 is 0 Å². The zero-order valence-corrected chi connectivity index (χ0v) is 13.5. The smallest absolute Gasteiger partial charge is 0.292 e. The molecule has 0 spiro atoms. The van der Waals surface area contributed by atoms with E-state index in [0.29, 0.717) is 16.9 Å². The first-order chi connectivity index (χ1) is 11.2. The van der Waals surface area contributed by atoms with Crippen molar-refractivity contribution in [2.24, 2.45) is 0 Å². The standard InChI is InChI=1S/C17H11BrN4O/c18-13-4-6-14(7-5-13)21-17(23)16-20-8-9-22(16)15-3-1-2-12(10-15)11-19/h1-10H,(H,21,23). The summed E-state index contributed by atoms with van der Waals surface area (Å²) in [6.07, 6.45) is 3.24. The SMILES string of the molecule is N#Cc1cccc(-n2ccnc2C(=O)Nc2ccc(Br)cc2)c1. The first-order valence-corrected chi connectivity index (χ1v) is 7.57. The normalized spacial score (nSPS) is 10.1. The number of rotatable bonds is 3. The molecule has 1 heterocycles. The van der Waals surface area contributed by atoms with Crippen LogP contribution in [0.4, 0.5) is 5.69 Å². The highest BCUT2D eigenvalue weighted by atomic mass is 79.9. The lowest BCUT2D eigenvalue weighted by Gasteiger charge is -2.09. The van der Waals surface area contributed by atoms with Gasteiger partial charge in [0, 0.05) is 28.2 Å². The number of aromatic nitrogens is 2. The minimum absolute atomic E-state index is 0.253. The van der Waals surface area contributed by atoms with Gasteiger partial charge in [0.25, 0.3) is 5.91 Å². The number of imidazole rings is 1. The quantitative estimate of drug-likeness (QED) is 0.766. The summed E-state index contributed by atoms with van der Waals surface area (Å²) in [6.45, 7) is 0. The average molecular weight is 367 g/mol. The fourth-order valence-corrected chi connectivity index (χ4v) is 2.39. The highest BCUT2D eigenvalue weighted by Crippen LogP contribution is 2.17. The van der Waals surface area contributed by atoms with Crippen molar-refractivity contribution in [3.63, 3.8) is 0 Å². The van der Waals surface area contributed by atoms with Crippen LogP contribution in [0.1, 0.15) is 16.2 Å². The molecule has 0 unspecified atom stereocenters. The zero-order valence-electron chi connectivity index (χ0n) is 11.9. The van der Waals surface area contributed by atoms with Crippen molar-refractivity contribution < 1.29 is 4.79 Å². The minimum atomic E-state index is -0.320. The molecule has 6 heteroatoms. The molecule has 0 saturated heterocycles. The van der Waals surface area contributed by atoms with Gasteiger partial charge in [-0.15, -0.1) is 0 Å². The first-order valence-electron chi connectivity index (χ1n) is 6.78. The van der Waals surface area contributed by atoms with Crippen molar-refractivity contribution in [1.82, 2.24) is 9.55 Å². The summed E-state index contributed by atoms with van der Waals surface area (Å²) in [4.78, 5) is 16.6. The lowest BCUT2D eigenvalue weighted by molar-refractivity contribution is 0.101. The maximum absolute atomic E-state index is 12.4. The summed E-state index contributed by atoms with van der Waals surface area (Å²) in [7, 11) is 0. The third kappa shape index (κ3) is 3.30. The van der Waals surface area contributed by atoms with Gasteiger partial charge in [0.1, 0.15) is 0 Å². The second-order valence-electron chi connectivity index (χ2n) is 4.74. The summed E-state index contributed by atoms with van der Waals surface area (Å²) in [5, 5.41) is 11.8. The molecule has 23 heavy (non-hydrogen) atoms. The molecule has 0 aliphatic carbocycles. The lowest BCUT2D eigenvalue weighted by Crippen LogP contribution is -2.17. The summed E-state index contributed by atoms with van der Waals surface area (Å²) in [5.41, 5.74) is 1.91. The molecule has 0 saturated carbocycles. The first kappa shape index (κ1) is 15.0. The number of hydrogen-bond acceptors (Lipinski definition) is 3. The fourth-order valence-electron chi connectivity index (χ4n) is 2.13. The maximum Gasteiger partial charge on any atom is 0.292 e. The van der Waals surface area contributed by atoms with Crippen LogP contribution in [-0.4, -0.2) is 15.5 Å². The number of nitrogens with zero attached hydrogens (tertiary/aromatic N) is 3. The molecular weight excluding hydrogens is 356 g/mol. The Hall–Kier alpha value is -2.91. The number of benzene rings is 2. The van der Waals surface area contributed by atoms with Crippen LogP contribution in [0.2, 0.25) is 0 Å². The van der Waals surface area contributed by atoms with Gasteiger partial charge in [-0.25, -0.2) is 4.98 Å². The minimum Gasteiger partial charge on any atom is -0.319 e. The maximum atomic E-state index is 12.4. The fraction of sp³-hybridized carbons (Fsp3) is 0. The molecule has 1 aromatic heterocycles. The Morgan fingerprint density at radius 1 is 1.22 bits per heavy atom. The topological polar surface area (TPSA) is 70.7 Å². The van der Waals surface area contributed by atoms with Crippen molar-refractivity contribution in [2.75, 3.05) is 5.32 Å². The third-order valence-corrected chi connectivity index (χ3v) is 3.73. The van der Waals surface area contributed by atoms with Crippen LogP contribution in [0.3, 0.4) is 0 Å². The van der Waals surface area contributed by atoms with Crippen molar-refractivity contribution in [2.45, 2.75) is 0 Å². The molecule has 0 aliphatic heterocycles. The van der Waals surface area contributed by atoms with Crippen LogP contribution >= 0.6 is 15.9 Å². The Bertz CT molecular complexity index is 893. The number of anilines is 1. The molecular formula is C17H11BrN4O. The highest BCUT2D eigenvalue weighted by Gasteiger charge is 2.14. The third-order valence-electron chi connectivity index (χ3n) is 3.20. The predicted octanol–water partition coefficient (Wildman–Crippen LogP) is 3.76. The number of carbonyl (C=O) groups excluding carboxylic acids is 1. The molecule has 1 N–H and O–H groups in total. The second-order valence-corrected chi connectivity index (χ2v) is 5.66. The van der Waals surface area contributed by atoms with Gasteiger partial charge in [-0.05, 0) is 42.5 Å². The lowest BCUT2D eigenvalue weighted by atomic mass is 10.2. The monoisotopic (exact) mass is 366 g/mol. The van der Waals surface area contributed by atoms with E-state index in [1.165, 1.54) is 0 Å². The molecule has 2 aromatic carbocycles. The van der Waals surface area contributed by atoms with Gasteiger partial charge in [0.15, 0.2) is 0 Å². The average Bonchev–Trinajstić information content (AvgIpc) is 3.07. The van der Waals surface area contributed by atoms with Crippen LogP contribution in [0.15, 0.2) is 65.4 Å². The van der Waals surface area contributed by atoms with Crippen molar-refractivity contribution in [3.05, 3.63) is 76.8 Å². The van der Waals surface area contributed by atoms with Crippen LogP contribution in [0.5, 0.6) is 0 Å². The number of nitriles is 1. The Balaban J connectivity index is 1.89. The summed E-state index contributed by atoms with van der Waals surface area (Å²) in [5.74, 6) is -0.0670. The van der Waals surface area contributed by atoms with Gasteiger partial charge in [-0.3, -0.25) is 9.36 Å². The molecule has 0 bridgehead atoms. The van der Waals surface area contributed by atoms with E-state index in [4.69, 9.17) is 5.26 Å². The van der Waals surface area contributed by atoms with Crippen LogP contribution in [0, 0.1) is 11.3 Å². The Morgan fingerprint density at radius 2 is 2.00 bits per heavy atom. The molecule has 3 rings (SSSR count). The number of carbonyl (C=O) groups is 1. The van der Waals surface area contributed by atoms with Crippen LogP contribution in [-0.2, 0) is 0 Å². The summed E-state index contributed by atoms with van der Waals surface area (Å²) >= 11 is 3.35. The van der Waals surface area contributed by atoms with Crippen LogP contribution in [0.25, 0.3) is 5.69 Å². The van der Waals surface area contributed by atoms with Crippen molar-refractivity contribution in [1.29, 1.82) is 5.26 Å². The van der Waals surface area contributed by atoms with E-state index in [-0.39, 0.29) is 11.7 Å². The molecule has 0 atom stereocenters. The molecule has 0 fully saturated rings. The van der Waals surface area contributed by atoms with Gasteiger partial charge in [-0.1, -0.05) is 22.0 Å². The van der Waals surface area contributed by atoms with E-state index in [0.717, 1.165) is 4.47 Å². The van der Waals surface area contributed by atoms with E-state index >= 15 is 0 Å². The molecule has 0 radical (unpaired) electrons. The number of amides is 1. The summed E-state index contributed by atoms with van der Waals surface area (Å²) in [6, 6.07) is 16.4. The molecule has 0 aliphatic rings. The van der Waals surface area contributed by atoms with Crippen molar-refractivity contribution >= 4 is 27.5 Å². The molecule has 112 valence electrons. The van der Waals surface area contributed by atoms with Crippen molar-refractivity contribution in [3.8, 4) is 11.8 Å². The van der Waals surface area contributed by atoms with E-state index in [9.17, 15) is 4.79 Å². The Morgan fingerprint density at radius 3 is 2.74 bits per heavy atom. The van der Waals surface area contributed by atoms with Gasteiger partial charge in [-0.2, -0.15) is 5.26 Å². The second kappa shape index (κ2) is 6.46. The zero-order chi connectivity index (χ0) is 16.2. The van der Waals surface area contributed by atoms with E-state index in [2.05, 4.69) is 32.3 Å². The Labute approximate surface area is 141 Å². The number of halogens is 1. The van der Waals surface area contributed by atoms with E-state index in [1.54, 1.807) is 47.3 Å². The molecule has 3 aromatic rings. The van der Waals surface area contributed by atoms with Gasteiger partial charge in [0.2, 0.25) is 5.82 Å². The predicted molar refractivity (Wildman–Crippen MR) is 90.4 cm³/mol. The molecule has 5 nitrogen and oxygen atoms in total. The van der Waals surface area contributed by atoms with Gasteiger partial charge < -0.3 is 5.32 Å². The van der Waals surface area contributed by atoms with E-state index < -0.39 is 0 Å². The molecule has 1 amide bonds. The van der Waals surface area contributed by atoms with Gasteiger partial charge in [0.05, 0.1) is 11.6 Å². The van der Waals surface area contributed by atoms with Crippen LogP contribution < -0.4 is 5.32 Å². The number of nitrogens with one attached hydrogen (secondary N) is 1. The number of hydrogen-bond donors (Lipinski definition) is 1. The Kier molecular flexibility index (Phi) is 4.22. The highest BCUT2D eigenvalue weighted by molar-refractivity contribution is 9.10. The van der Waals surface area contributed by atoms with E-state index in [1.807, 2.05) is 18.2 Å². The largest absolute Gasteiger partial charge is 0.319 e. The summed E-state index contributed by atoms with van der Waals surface area (Å²) < 4.78 is 2.58.